The minimum atomic E-state index is 0.373. The summed E-state index contributed by atoms with van der Waals surface area (Å²) >= 11 is 0. The molecule has 0 aromatic heterocycles. The van der Waals surface area contributed by atoms with E-state index in [2.05, 4.69) is 37.6 Å². The third-order valence-electron chi connectivity index (χ3n) is 3.44. The molecule has 2 saturated heterocycles. The van der Waals surface area contributed by atoms with E-state index in [9.17, 15) is 0 Å². The summed E-state index contributed by atoms with van der Waals surface area (Å²) in [5.74, 6) is 0.967. The molecule has 2 heteroatoms. The third-order valence-corrected chi connectivity index (χ3v) is 3.44. The zero-order valence-electron chi connectivity index (χ0n) is 8.67. The van der Waals surface area contributed by atoms with E-state index in [1.165, 1.54) is 19.6 Å². The van der Waals surface area contributed by atoms with Gasteiger partial charge in [-0.25, -0.2) is 0 Å². The van der Waals surface area contributed by atoms with Gasteiger partial charge >= 0.3 is 0 Å². The van der Waals surface area contributed by atoms with Crippen molar-refractivity contribution < 1.29 is 0 Å². The van der Waals surface area contributed by atoms with Gasteiger partial charge in [0.1, 0.15) is 0 Å². The zero-order chi connectivity index (χ0) is 8.93. The summed E-state index contributed by atoms with van der Waals surface area (Å²) in [6, 6.07) is 0.865. The Morgan fingerprint density at radius 2 is 1.75 bits per heavy atom. The summed E-state index contributed by atoms with van der Waals surface area (Å²) in [6.07, 6.45) is 0. The summed E-state index contributed by atoms with van der Waals surface area (Å²) < 4.78 is 0. The van der Waals surface area contributed by atoms with E-state index in [4.69, 9.17) is 0 Å². The molecule has 2 heterocycles. The fourth-order valence-corrected chi connectivity index (χ4v) is 2.45. The highest BCUT2D eigenvalue weighted by Crippen LogP contribution is 2.34. The standard InChI is InChI=1S/C10H20N2/c1-10(2,3)12-6-8-5-11(4)9(8)7-12/h8-9H,5-7H2,1-4H3/t8-,9+/m0/s1. The van der Waals surface area contributed by atoms with E-state index in [0.29, 0.717) is 5.54 Å². The molecule has 0 aromatic carbocycles. The van der Waals surface area contributed by atoms with E-state index < -0.39 is 0 Å². The first-order valence-electron chi connectivity index (χ1n) is 4.94. The Morgan fingerprint density at radius 1 is 1.08 bits per heavy atom. The van der Waals surface area contributed by atoms with E-state index in [0.717, 1.165) is 12.0 Å². The van der Waals surface area contributed by atoms with E-state index in [1.807, 2.05) is 0 Å². The average Bonchev–Trinajstić information content (AvgIpc) is 2.24. The lowest BCUT2D eigenvalue weighted by atomic mass is 9.93. The van der Waals surface area contributed by atoms with Gasteiger partial charge in [-0.05, 0) is 27.8 Å². The molecule has 2 nitrogen and oxygen atoms in total. The van der Waals surface area contributed by atoms with Gasteiger partial charge in [0.05, 0.1) is 0 Å². The first kappa shape index (κ1) is 8.52. The van der Waals surface area contributed by atoms with Crippen LogP contribution in [0.5, 0.6) is 0 Å². The van der Waals surface area contributed by atoms with Crippen molar-refractivity contribution in [1.29, 1.82) is 0 Å². The Morgan fingerprint density at radius 3 is 2.17 bits per heavy atom. The van der Waals surface area contributed by atoms with Gasteiger partial charge in [0.2, 0.25) is 0 Å². The number of likely N-dealkylation sites (tertiary alicyclic amines) is 2. The second kappa shape index (κ2) is 2.46. The molecule has 2 atom stereocenters. The van der Waals surface area contributed by atoms with Crippen LogP contribution in [-0.2, 0) is 0 Å². The molecule has 2 rings (SSSR count). The first-order chi connectivity index (χ1) is 5.48. The maximum atomic E-state index is 2.62. The van der Waals surface area contributed by atoms with Crippen LogP contribution in [-0.4, -0.2) is 48.1 Å². The molecule has 2 aliphatic heterocycles. The largest absolute Gasteiger partial charge is 0.301 e. The van der Waals surface area contributed by atoms with Gasteiger partial charge in [0.15, 0.2) is 0 Å². The summed E-state index contributed by atoms with van der Waals surface area (Å²) in [6.45, 7) is 10.9. The van der Waals surface area contributed by atoms with Crippen molar-refractivity contribution in [2.24, 2.45) is 5.92 Å². The lowest BCUT2D eigenvalue weighted by Crippen LogP contribution is -2.53. The van der Waals surface area contributed by atoms with Gasteiger partial charge in [-0.2, -0.15) is 0 Å². The van der Waals surface area contributed by atoms with E-state index in [1.54, 1.807) is 0 Å². The lowest BCUT2D eigenvalue weighted by molar-refractivity contribution is 0.0822. The van der Waals surface area contributed by atoms with Crippen LogP contribution < -0.4 is 0 Å². The van der Waals surface area contributed by atoms with Crippen molar-refractivity contribution in [2.75, 3.05) is 26.7 Å². The summed E-state index contributed by atoms with van der Waals surface area (Å²) in [7, 11) is 2.24. The molecule has 0 bridgehead atoms. The summed E-state index contributed by atoms with van der Waals surface area (Å²) in [4.78, 5) is 5.10. The Balaban J connectivity index is 1.99. The molecule has 2 aliphatic rings. The Labute approximate surface area is 75.5 Å². The van der Waals surface area contributed by atoms with Gasteiger partial charge in [-0.3, -0.25) is 4.90 Å². The molecule has 0 amide bonds. The molecule has 0 aliphatic carbocycles. The van der Waals surface area contributed by atoms with Crippen LogP contribution in [0, 0.1) is 5.92 Å². The topological polar surface area (TPSA) is 6.48 Å². The molecule has 70 valence electrons. The van der Waals surface area contributed by atoms with Crippen molar-refractivity contribution in [3.63, 3.8) is 0 Å². The number of hydrogen-bond acceptors (Lipinski definition) is 2. The van der Waals surface area contributed by atoms with Crippen LogP contribution >= 0.6 is 0 Å². The van der Waals surface area contributed by atoms with Crippen molar-refractivity contribution in [2.45, 2.75) is 32.4 Å². The van der Waals surface area contributed by atoms with Crippen LogP contribution in [0.2, 0.25) is 0 Å². The third kappa shape index (κ3) is 1.17. The molecule has 0 radical (unpaired) electrons. The highest BCUT2D eigenvalue weighted by atomic mass is 15.3. The molecule has 0 N–H and O–H groups in total. The minimum absolute atomic E-state index is 0.373. The summed E-state index contributed by atoms with van der Waals surface area (Å²) in [5.41, 5.74) is 0.373. The first-order valence-corrected chi connectivity index (χ1v) is 4.94. The smallest absolute Gasteiger partial charge is 0.0273 e. The van der Waals surface area contributed by atoms with Gasteiger partial charge in [0, 0.05) is 37.1 Å². The molecular weight excluding hydrogens is 148 g/mol. The maximum absolute atomic E-state index is 2.62. The lowest BCUT2D eigenvalue weighted by Gasteiger charge is -2.40. The molecule has 0 spiro atoms. The Hall–Kier alpha value is -0.0800. The van der Waals surface area contributed by atoms with Crippen molar-refractivity contribution in [3.05, 3.63) is 0 Å². The second-order valence-corrected chi connectivity index (χ2v) is 5.34. The van der Waals surface area contributed by atoms with Gasteiger partial charge in [-0.1, -0.05) is 0 Å². The number of fused-ring (bicyclic) bond motifs is 1. The van der Waals surface area contributed by atoms with Gasteiger partial charge in [-0.15, -0.1) is 0 Å². The maximum Gasteiger partial charge on any atom is 0.0273 e. The van der Waals surface area contributed by atoms with E-state index in [-0.39, 0.29) is 0 Å². The fraction of sp³-hybridized carbons (Fsp3) is 1.00. The highest BCUT2D eigenvalue weighted by Gasteiger charge is 2.45. The quantitative estimate of drug-likeness (QED) is 0.533. The van der Waals surface area contributed by atoms with E-state index >= 15 is 0 Å². The zero-order valence-corrected chi connectivity index (χ0v) is 8.67. The number of nitrogens with zero attached hydrogens (tertiary/aromatic N) is 2. The van der Waals surface area contributed by atoms with Gasteiger partial charge < -0.3 is 4.90 Å². The molecule has 0 aromatic rings. The molecule has 12 heavy (non-hydrogen) atoms. The van der Waals surface area contributed by atoms with Crippen LogP contribution in [0.25, 0.3) is 0 Å². The molecule has 2 fully saturated rings. The van der Waals surface area contributed by atoms with Gasteiger partial charge in [0.25, 0.3) is 0 Å². The normalized spacial score (nSPS) is 38.0. The van der Waals surface area contributed by atoms with Crippen LogP contribution in [0.3, 0.4) is 0 Å². The number of hydrogen-bond donors (Lipinski definition) is 0. The molecule has 0 saturated carbocycles. The monoisotopic (exact) mass is 168 g/mol. The highest BCUT2D eigenvalue weighted by molar-refractivity contribution is 5.01. The molecular formula is C10H20N2. The molecule has 0 unspecified atom stereocenters. The van der Waals surface area contributed by atoms with Crippen molar-refractivity contribution >= 4 is 0 Å². The fourth-order valence-electron chi connectivity index (χ4n) is 2.45. The van der Waals surface area contributed by atoms with Crippen LogP contribution in [0.1, 0.15) is 20.8 Å². The van der Waals surface area contributed by atoms with Crippen LogP contribution in [0.15, 0.2) is 0 Å². The van der Waals surface area contributed by atoms with Crippen molar-refractivity contribution in [1.82, 2.24) is 9.80 Å². The second-order valence-electron chi connectivity index (χ2n) is 5.34. The SMILES string of the molecule is CN1C[C@H]2CN(C(C)(C)C)C[C@H]21. The predicted molar refractivity (Wildman–Crippen MR) is 51.2 cm³/mol. The predicted octanol–water partition coefficient (Wildman–Crippen LogP) is 1.03. The minimum Gasteiger partial charge on any atom is -0.301 e. The number of likely N-dealkylation sites (N-methyl/N-ethyl adjacent to an activating group) is 1. The summed E-state index contributed by atoms with van der Waals surface area (Å²) in [5, 5.41) is 0. The van der Waals surface area contributed by atoms with Crippen LogP contribution in [0.4, 0.5) is 0 Å². The average molecular weight is 168 g/mol. The van der Waals surface area contributed by atoms with Crippen molar-refractivity contribution in [3.8, 4) is 0 Å². The number of rotatable bonds is 0. The Bertz CT molecular complexity index is 183. The Kier molecular flexibility index (Phi) is 1.74.